The number of nitrogens with zero attached hydrogens (tertiary/aromatic N) is 6. The monoisotopic (exact) mass is 537 g/mol. The minimum Gasteiger partial charge on any atom is -0.478 e. The molecule has 0 fully saturated rings. The largest absolute Gasteiger partial charge is 0.478 e. The van der Waals surface area contributed by atoms with Gasteiger partial charge in [-0.15, -0.1) is 5.10 Å². The highest BCUT2D eigenvalue weighted by atomic mass is 16.4. The number of benzene rings is 2. The summed E-state index contributed by atoms with van der Waals surface area (Å²) in [5.41, 5.74) is 4.88. The second-order valence-electron chi connectivity index (χ2n) is 10.7. The van der Waals surface area contributed by atoms with Crippen molar-refractivity contribution in [1.29, 1.82) is 0 Å². The van der Waals surface area contributed by atoms with Gasteiger partial charge in [0.2, 0.25) is 0 Å². The molecule has 10 nitrogen and oxygen atoms in total. The number of carbonyl (C=O) groups is 1. The van der Waals surface area contributed by atoms with Gasteiger partial charge in [0.25, 0.3) is 0 Å². The van der Waals surface area contributed by atoms with Crippen LogP contribution in [0.3, 0.4) is 0 Å². The number of pyridine rings is 1. The average Bonchev–Trinajstić information content (AvgIpc) is 3.58. The van der Waals surface area contributed by atoms with E-state index in [4.69, 9.17) is 0 Å². The van der Waals surface area contributed by atoms with Crippen molar-refractivity contribution in [1.82, 2.24) is 34.7 Å². The summed E-state index contributed by atoms with van der Waals surface area (Å²) in [6, 6.07) is 16.8. The Morgan fingerprint density at radius 3 is 2.48 bits per heavy atom. The topological polar surface area (TPSA) is 132 Å². The summed E-state index contributed by atoms with van der Waals surface area (Å²) in [5, 5.41) is 24.1. The molecule has 2 aromatic carbocycles. The van der Waals surface area contributed by atoms with Crippen molar-refractivity contribution in [3.8, 4) is 28.3 Å². The first-order valence-corrected chi connectivity index (χ1v) is 13.2. The highest BCUT2D eigenvalue weighted by Crippen LogP contribution is 2.31. The first-order valence-electron chi connectivity index (χ1n) is 13.2. The van der Waals surface area contributed by atoms with Crippen LogP contribution in [0, 0.1) is 0 Å². The smallest absolute Gasteiger partial charge is 0.337 e. The Bertz CT molecular complexity index is 1710. The molecule has 0 radical (unpaired) electrons. The van der Waals surface area contributed by atoms with Gasteiger partial charge in [-0.3, -0.25) is 14.1 Å². The van der Waals surface area contributed by atoms with Crippen LogP contribution < -0.4 is 5.69 Å². The number of tetrazole rings is 1. The van der Waals surface area contributed by atoms with E-state index in [0.717, 1.165) is 40.1 Å². The molecule has 5 aromatic rings. The lowest BCUT2D eigenvalue weighted by molar-refractivity contribution is 0.0696. The number of aromatic nitrogens is 7. The minimum atomic E-state index is -1.07. The summed E-state index contributed by atoms with van der Waals surface area (Å²) >= 11 is 0. The van der Waals surface area contributed by atoms with E-state index in [1.54, 1.807) is 29.1 Å². The number of H-pyrrole nitrogens is 1. The van der Waals surface area contributed by atoms with E-state index in [1.165, 1.54) is 4.57 Å². The lowest BCUT2D eigenvalue weighted by Crippen LogP contribution is -2.28. The maximum absolute atomic E-state index is 13.9. The number of imidazole rings is 1. The molecule has 3 heterocycles. The molecule has 0 bridgehead atoms. The zero-order valence-corrected chi connectivity index (χ0v) is 22.9. The fourth-order valence-corrected chi connectivity index (χ4v) is 4.94. The van der Waals surface area contributed by atoms with E-state index in [0.29, 0.717) is 24.5 Å². The lowest BCUT2D eigenvalue weighted by Gasteiger charge is -2.24. The molecule has 40 heavy (non-hydrogen) atoms. The normalized spacial score (nSPS) is 11.6. The van der Waals surface area contributed by atoms with Crippen molar-refractivity contribution >= 4 is 5.97 Å². The highest BCUT2D eigenvalue weighted by Gasteiger charge is 2.26. The summed E-state index contributed by atoms with van der Waals surface area (Å²) in [7, 11) is 0. The van der Waals surface area contributed by atoms with Gasteiger partial charge in [0.1, 0.15) is 0 Å². The molecule has 3 aromatic heterocycles. The number of hydrogen-bond acceptors (Lipinski definition) is 6. The summed E-state index contributed by atoms with van der Waals surface area (Å²) in [6.07, 6.45) is 5.04. The number of aromatic amines is 1. The number of aromatic carboxylic acids is 1. The van der Waals surface area contributed by atoms with Gasteiger partial charge in [-0.2, -0.15) is 0 Å². The molecule has 0 aliphatic carbocycles. The Hall–Kier alpha value is -4.86. The number of nitrogens with one attached hydrogen (secondary N) is 1. The fourth-order valence-electron chi connectivity index (χ4n) is 4.94. The van der Waals surface area contributed by atoms with Crippen LogP contribution in [-0.2, 0) is 18.4 Å². The number of hydrogen-bond donors (Lipinski definition) is 2. The van der Waals surface area contributed by atoms with E-state index < -0.39 is 5.97 Å². The molecule has 5 rings (SSSR count). The second-order valence-corrected chi connectivity index (χ2v) is 10.7. The summed E-state index contributed by atoms with van der Waals surface area (Å²) in [6.45, 7) is 8.45. The molecule has 0 aliphatic heterocycles. The minimum absolute atomic E-state index is 0.104. The van der Waals surface area contributed by atoms with E-state index in [2.05, 4.69) is 32.5 Å². The molecule has 0 aliphatic rings. The predicted octanol–water partition coefficient (Wildman–Crippen LogP) is 4.88. The Labute approximate surface area is 231 Å². The molecule has 0 saturated carbocycles. The molecule has 0 amide bonds. The van der Waals surface area contributed by atoms with Gasteiger partial charge in [-0.1, -0.05) is 70.5 Å². The third-order valence-electron chi connectivity index (χ3n) is 6.86. The van der Waals surface area contributed by atoms with Crippen LogP contribution in [0.1, 0.15) is 61.3 Å². The quantitative estimate of drug-likeness (QED) is 0.288. The lowest BCUT2D eigenvalue weighted by atomic mass is 9.84. The molecular formula is C30H31N7O3. The average molecular weight is 538 g/mol. The van der Waals surface area contributed by atoms with Gasteiger partial charge >= 0.3 is 11.7 Å². The number of para-hydroxylation sites is 1. The number of aryl methyl sites for hydroxylation is 1. The Kier molecular flexibility index (Phi) is 7.17. The van der Waals surface area contributed by atoms with Crippen molar-refractivity contribution < 1.29 is 9.90 Å². The predicted molar refractivity (Wildman–Crippen MR) is 152 cm³/mol. The standard InChI is InChI=1S/C30H31N7O3/c1-5-8-21-18-37(26-23(28(38)39)9-6-11-24(26)30(2,3)4)29(40)36(21)17-19-12-14-20(15-13-19)25-22(10-7-16-31-25)27-32-34-35-33-27/h6-7,9-16,18H,5,8,17H2,1-4H3,(H,38,39)(H,32,33,34,35). The van der Waals surface area contributed by atoms with Crippen molar-refractivity contribution in [3.05, 3.63) is 99.9 Å². The van der Waals surface area contributed by atoms with Gasteiger partial charge in [0.15, 0.2) is 5.82 Å². The van der Waals surface area contributed by atoms with Gasteiger partial charge < -0.3 is 5.11 Å². The zero-order valence-electron chi connectivity index (χ0n) is 22.9. The molecule has 204 valence electrons. The molecule has 2 N–H and O–H groups in total. The molecule has 10 heteroatoms. The fraction of sp³-hybridized carbons (Fsp3) is 0.267. The zero-order chi connectivity index (χ0) is 28.4. The molecule has 0 saturated heterocycles. The van der Waals surface area contributed by atoms with Crippen LogP contribution in [0.2, 0.25) is 0 Å². The first-order chi connectivity index (χ1) is 19.2. The molecule has 0 spiro atoms. The third kappa shape index (κ3) is 5.07. The van der Waals surface area contributed by atoms with Crippen LogP contribution in [0.15, 0.2) is 71.8 Å². The maximum atomic E-state index is 13.9. The van der Waals surface area contributed by atoms with Gasteiger partial charge in [0, 0.05) is 29.2 Å². The van der Waals surface area contributed by atoms with E-state index in [9.17, 15) is 14.7 Å². The van der Waals surface area contributed by atoms with Gasteiger partial charge in [-0.05, 0) is 51.6 Å². The van der Waals surface area contributed by atoms with Gasteiger partial charge in [-0.25, -0.2) is 14.7 Å². The van der Waals surface area contributed by atoms with E-state index >= 15 is 0 Å². The van der Waals surface area contributed by atoms with Crippen LogP contribution in [-0.4, -0.2) is 45.8 Å². The van der Waals surface area contributed by atoms with Crippen LogP contribution in [0.4, 0.5) is 0 Å². The number of carboxylic acid groups (broad SMARTS) is 1. The van der Waals surface area contributed by atoms with Crippen molar-refractivity contribution in [3.63, 3.8) is 0 Å². The number of carboxylic acids is 1. The van der Waals surface area contributed by atoms with Crippen molar-refractivity contribution in [2.45, 2.75) is 52.5 Å². The Morgan fingerprint density at radius 1 is 1.05 bits per heavy atom. The number of rotatable bonds is 8. The van der Waals surface area contributed by atoms with Crippen molar-refractivity contribution in [2.24, 2.45) is 0 Å². The molecular weight excluding hydrogens is 506 g/mol. The van der Waals surface area contributed by atoms with Crippen LogP contribution in [0.5, 0.6) is 0 Å². The first kappa shape index (κ1) is 26.7. The van der Waals surface area contributed by atoms with E-state index in [-0.39, 0.29) is 16.7 Å². The highest BCUT2D eigenvalue weighted by molar-refractivity contribution is 5.92. The molecule has 0 unspecified atom stereocenters. The van der Waals surface area contributed by atoms with Crippen molar-refractivity contribution in [2.75, 3.05) is 0 Å². The van der Waals surface area contributed by atoms with Crippen LogP contribution >= 0.6 is 0 Å². The third-order valence-corrected chi connectivity index (χ3v) is 6.86. The molecule has 0 atom stereocenters. The Morgan fingerprint density at radius 2 is 1.82 bits per heavy atom. The van der Waals surface area contributed by atoms with E-state index in [1.807, 2.05) is 63.2 Å². The summed E-state index contributed by atoms with van der Waals surface area (Å²) in [4.78, 5) is 30.6. The SMILES string of the molecule is CCCc1cn(-c2c(C(=O)O)cccc2C(C)(C)C)c(=O)n1Cc1ccc(-c2ncccc2-c2nnn[nH]2)cc1. The second kappa shape index (κ2) is 10.7. The van der Waals surface area contributed by atoms with Crippen LogP contribution in [0.25, 0.3) is 28.3 Å². The van der Waals surface area contributed by atoms with Gasteiger partial charge in [0.05, 0.1) is 23.5 Å². The summed E-state index contributed by atoms with van der Waals surface area (Å²) < 4.78 is 3.24. The summed E-state index contributed by atoms with van der Waals surface area (Å²) in [5.74, 6) is -0.538. The Balaban J connectivity index is 1.55. The maximum Gasteiger partial charge on any atom is 0.337 e.